The Morgan fingerprint density at radius 3 is 2.95 bits per heavy atom. The van der Waals surface area contributed by atoms with Gasteiger partial charge in [-0.1, -0.05) is 19.4 Å². The summed E-state index contributed by atoms with van der Waals surface area (Å²) >= 11 is 1.57. The summed E-state index contributed by atoms with van der Waals surface area (Å²) < 4.78 is 14.0. The smallest absolute Gasteiger partial charge is 0.254 e. The first-order valence-electron chi connectivity index (χ1n) is 6.62. The SMILES string of the molecule is CCCC(NC(=O)c1ccnc(NN)c1F)c1cccs1. The van der Waals surface area contributed by atoms with Gasteiger partial charge in [0.15, 0.2) is 11.6 Å². The van der Waals surface area contributed by atoms with Crippen molar-refractivity contribution in [1.82, 2.24) is 10.3 Å². The zero-order valence-corrected chi connectivity index (χ0v) is 12.4. The van der Waals surface area contributed by atoms with E-state index in [1.807, 2.05) is 24.4 Å². The van der Waals surface area contributed by atoms with E-state index in [9.17, 15) is 9.18 Å². The van der Waals surface area contributed by atoms with Crippen LogP contribution in [0, 0.1) is 5.82 Å². The highest BCUT2D eigenvalue weighted by Gasteiger charge is 2.20. The van der Waals surface area contributed by atoms with Crippen LogP contribution in [-0.2, 0) is 0 Å². The molecule has 0 aliphatic carbocycles. The number of nitrogens with one attached hydrogen (secondary N) is 2. The van der Waals surface area contributed by atoms with Gasteiger partial charge in [-0.05, 0) is 23.9 Å². The lowest BCUT2D eigenvalue weighted by Gasteiger charge is -2.17. The highest BCUT2D eigenvalue weighted by atomic mass is 32.1. The van der Waals surface area contributed by atoms with E-state index in [0.29, 0.717) is 0 Å². The molecule has 2 heterocycles. The van der Waals surface area contributed by atoms with Gasteiger partial charge in [0, 0.05) is 11.1 Å². The van der Waals surface area contributed by atoms with Crippen molar-refractivity contribution in [3.05, 3.63) is 46.0 Å². The molecule has 0 fully saturated rings. The minimum Gasteiger partial charge on any atom is -0.344 e. The lowest BCUT2D eigenvalue weighted by atomic mass is 10.1. The highest BCUT2D eigenvalue weighted by molar-refractivity contribution is 7.10. The third kappa shape index (κ3) is 3.56. The highest BCUT2D eigenvalue weighted by Crippen LogP contribution is 2.24. The van der Waals surface area contributed by atoms with Gasteiger partial charge in [-0.25, -0.2) is 15.2 Å². The standard InChI is InChI=1S/C14H17FN4OS/c1-2-4-10(11-5-3-8-21-11)18-14(20)9-6-7-17-13(19-16)12(9)15/h3,5-8,10H,2,4,16H2,1H3,(H,17,19)(H,18,20). The summed E-state index contributed by atoms with van der Waals surface area (Å²) in [5, 5.41) is 4.82. The number of carbonyl (C=O) groups excluding carboxylic acids is 1. The lowest BCUT2D eigenvalue weighted by Crippen LogP contribution is -2.29. The molecule has 2 aromatic heterocycles. The first-order valence-corrected chi connectivity index (χ1v) is 7.50. The molecule has 1 unspecified atom stereocenters. The molecule has 1 amide bonds. The monoisotopic (exact) mass is 308 g/mol. The van der Waals surface area contributed by atoms with Crippen LogP contribution in [0.3, 0.4) is 0 Å². The molecule has 21 heavy (non-hydrogen) atoms. The molecule has 0 aliphatic heterocycles. The van der Waals surface area contributed by atoms with Crippen molar-refractivity contribution in [2.75, 3.05) is 5.43 Å². The maximum Gasteiger partial charge on any atom is 0.254 e. The quantitative estimate of drug-likeness (QED) is 0.566. The second-order valence-corrected chi connectivity index (χ2v) is 5.47. The number of rotatable bonds is 6. The van der Waals surface area contributed by atoms with Gasteiger partial charge in [0.1, 0.15) is 0 Å². The Morgan fingerprint density at radius 1 is 1.52 bits per heavy atom. The van der Waals surface area contributed by atoms with E-state index < -0.39 is 11.7 Å². The molecule has 0 saturated carbocycles. The van der Waals surface area contributed by atoms with E-state index in [2.05, 4.69) is 15.7 Å². The van der Waals surface area contributed by atoms with Gasteiger partial charge in [-0.2, -0.15) is 0 Å². The third-order valence-corrected chi connectivity index (χ3v) is 4.03. The number of anilines is 1. The predicted octanol–water partition coefficient (Wildman–Crippen LogP) is 2.84. The van der Waals surface area contributed by atoms with Crippen molar-refractivity contribution in [3.8, 4) is 0 Å². The molecule has 2 rings (SSSR count). The van der Waals surface area contributed by atoms with Crippen molar-refractivity contribution in [1.29, 1.82) is 0 Å². The van der Waals surface area contributed by atoms with Crippen LogP contribution in [0.15, 0.2) is 29.8 Å². The van der Waals surface area contributed by atoms with Crippen LogP contribution in [0.4, 0.5) is 10.2 Å². The first-order chi connectivity index (χ1) is 10.2. The van der Waals surface area contributed by atoms with Crippen molar-refractivity contribution in [2.45, 2.75) is 25.8 Å². The summed E-state index contributed by atoms with van der Waals surface area (Å²) in [4.78, 5) is 17.0. The number of nitrogen functional groups attached to an aromatic ring is 1. The maximum atomic E-state index is 14.0. The van der Waals surface area contributed by atoms with Crippen LogP contribution in [0.25, 0.3) is 0 Å². The number of nitrogens with zero attached hydrogens (tertiary/aromatic N) is 1. The fourth-order valence-corrected chi connectivity index (χ4v) is 2.83. The average Bonchev–Trinajstić information content (AvgIpc) is 3.01. The zero-order valence-electron chi connectivity index (χ0n) is 11.6. The Kier molecular flexibility index (Phi) is 5.24. The fourth-order valence-electron chi connectivity index (χ4n) is 2.02. The number of hydrogen-bond acceptors (Lipinski definition) is 5. The normalized spacial score (nSPS) is 12.0. The summed E-state index contributed by atoms with van der Waals surface area (Å²) in [6.07, 6.45) is 3.05. The third-order valence-electron chi connectivity index (χ3n) is 3.04. The molecule has 2 aromatic rings. The van der Waals surface area contributed by atoms with E-state index in [0.717, 1.165) is 17.7 Å². The molecule has 4 N–H and O–H groups in total. The van der Waals surface area contributed by atoms with Gasteiger partial charge in [0.05, 0.1) is 11.6 Å². The van der Waals surface area contributed by atoms with E-state index in [-0.39, 0.29) is 17.4 Å². The van der Waals surface area contributed by atoms with Crippen molar-refractivity contribution in [3.63, 3.8) is 0 Å². The van der Waals surface area contributed by atoms with Gasteiger partial charge in [-0.3, -0.25) is 4.79 Å². The van der Waals surface area contributed by atoms with Gasteiger partial charge < -0.3 is 10.7 Å². The van der Waals surface area contributed by atoms with Crippen molar-refractivity contribution < 1.29 is 9.18 Å². The molecule has 0 radical (unpaired) electrons. The topological polar surface area (TPSA) is 80.0 Å². The summed E-state index contributed by atoms with van der Waals surface area (Å²) in [7, 11) is 0. The lowest BCUT2D eigenvalue weighted by molar-refractivity contribution is 0.0931. The molecule has 0 aliphatic rings. The number of pyridine rings is 1. The van der Waals surface area contributed by atoms with Crippen LogP contribution in [0.2, 0.25) is 0 Å². The van der Waals surface area contributed by atoms with Crippen LogP contribution >= 0.6 is 11.3 Å². The average molecular weight is 308 g/mol. The number of carbonyl (C=O) groups is 1. The number of aromatic nitrogens is 1. The van der Waals surface area contributed by atoms with Crippen LogP contribution in [0.1, 0.15) is 41.0 Å². The van der Waals surface area contributed by atoms with E-state index in [4.69, 9.17) is 5.84 Å². The summed E-state index contributed by atoms with van der Waals surface area (Å²) in [6.45, 7) is 2.04. The molecule has 7 heteroatoms. The minimum absolute atomic E-state index is 0.0735. The predicted molar refractivity (Wildman–Crippen MR) is 81.4 cm³/mol. The van der Waals surface area contributed by atoms with Crippen LogP contribution in [0.5, 0.6) is 0 Å². The molecular formula is C14H17FN4OS. The second-order valence-electron chi connectivity index (χ2n) is 4.50. The number of hydrazine groups is 1. The molecule has 112 valence electrons. The number of halogens is 1. The fraction of sp³-hybridized carbons (Fsp3) is 0.286. The Labute approximate surface area is 126 Å². The number of thiophene rings is 1. The van der Waals surface area contributed by atoms with Crippen molar-refractivity contribution in [2.24, 2.45) is 5.84 Å². The zero-order chi connectivity index (χ0) is 15.2. The summed E-state index contributed by atoms with van der Waals surface area (Å²) in [5.74, 6) is 3.79. The van der Waals surface area contributed by atoms with Gasteiger partial charge in [-0.15, -0.1) is 11.3 Å². The van der Waals surface area contributed by atoms with Gasteiger partial charge >= 0.3 is 0 Å². The second kappa shape index (κ2) is 7.14. The van der Waals surface area contributed by atoms with E-state index in [1.165, 1.54) is 12.3 Å². The molecule has 5 nitrogen and oxygen atoms in total. The van der Waals surface area contributed by atoms with Crippen LogP contribution in [-0.4, -0.2) is 10.9 Å². The summed E-state index contributed by atoms with van der Waals surface area (Å²) in [6, 6.07) is 5.10. The molecule has 0 spiro atoms. The first kappa shape index (κ1) is 15.4. The Morgan fingerprint density at radius 2 is 2.33 bits per heavy atom. The van der Waals surface area contributed by atoms with Gasteiger partial charge in [0.25, 0.3) is 5.91 Å². The molecule has 0 bridgehead atoms. The number of nitrogens with two attached hydrogens (primary N) is 1. The minimum atomic E-state index is -0.751. The van der Waals surface area contributed by atoms with Gasteiger partial charge in [0.2, 0.25) is 0 Å². The molecule has 0 aromatic carbocycles. The largest absolute Gasteiger partial charge is 0.344 e. The number of amides is 1. The summed E-state index contributed by atoms with van der Waals surface area (Å²) in [5.41, 5.74) is 2.06. The van der Waals surface area contributed by atoms with Crippen LogP contribution < -0.4 is 16.6 Å². The van der Waals surface area contributed by atoms with E-state index >= 15 is 0 Å². The molecule has 1 atom stereocenters. The Balaban J connectivity index is 2.20. The molecular weight excluding hydrogens is 291 g/mol. The maximum absolute atomic E-state index is 14.0. The Bertz CT molecular complexity index is 603. The Hall–Kier alpha value is -1.99. The van der Waals surface area contributed by atoms with E-state index in [1.54, 1.807) is 11.3 Å². The molecule has 0 saturated heterocycles. The van der Waals surface area contributed by atoms with Crippen molar-refractivity contribution >= 4 is 23.1 Å². The number of hydrogen-bond donors (Lipinski definition) is 3.